The van der Waals surface area contributed by atoms with E-state index in [1.165, 1.54) is 12.1 Å². The maximum absolute atomic E-state index is 14.8. The van der Waals surface area contributed by atoms with Crippen LogP contribution in [-0.2, 0) is 11.2 Å². The number of hydrogen-bond acceptors (Lipinski definition) is 2. The predicted molar refractivity (Wildman–Crippen MR) is 127 cm³/mol. The Bertz CT molecular complexity index is 1160. The first kappa shape index (κ1) is 24.1. The van der Waals surface area contributed by atoms with Gasteiger partial charge in [-0.05, 0) is 79.3 Å². The van der Waals surface area contributed by atoms with Crippen molar-refractivity contribution >= 4 is 5.97 Å². The molecule has 0 atom stereocenters. The molecule has 0 bridgehead atoms. The lowest BCUT2D eigenvalue weighted by atomic mass is 9.82. The third-order valence-electron chi connectivity index (χ3n) is 6.72. The average Bonchev–Trinajstić information content (AvgIpc) is 2.84. The van der Waals surface area contributed by atoms with E-state index in [4.69, 9.17) is 4.74 Å². The molecule has 4 rings (SSSR count). The minimum atomic E-state index is -1.19. The van der Waals surface area contributed by atoms with Crippen LogP contribution in [-0.4, -0.2) is 12.1 Å². The van der Waals surface area contributed by atoms with Crippen molar-refractivity contribution < 1.29 is 22.7 Å². The summed E-state index contributed by atoms with van der Waals surface area (Å²) in [5.74, 6) is -3.12. The van der Waals surface area contributed by atoms with E-state index in [2.05, 4.69) is 6.92 Å². The van der Waals surface area contributed by atoms with Gasteiger partial charge in [-0.25, -0.2) is 18.0 Å². The molecule has 1 fully saturated rings. The zero-order chi connectivity index (χ0) is 24.2. The van der Waals surface area contributed by atoms with Gasteiger partial charge in [0.15, 0.2) is 11.6 Å². The van der Waals surface area contributed by atoms with Crippen molar-refractivity contribution in [1.82, 2.24) is 0 Å². The highest BCUT2D eigenvalue weighted by Crippen LogP contribution is 2.35. The van der Waals surface area contributed by atoms with E-state index >= 15 is 0 Å². The molecule has 5 heteroatoms. The minimum Gasteiger partial charge on any atom is -0.459 e. The molecule has 0 aromatic heterocycles. The van der Waals surface area contributed by atoms with E-state index in [1.54, 1.807) is 31.2 Å². The highest BCUT2D eigenvalue weighted by atomic mass is 19.2. The molecule has 2 nitrogen and oxygen atoms in total. The fraction of sp³-hybridized carbons (Fsp3) is 0.345. The van der Waals surface area contributed by atoms with Gasteiger partial charge in [0.25, 0.3) is 0 Å². The summed E-state index contributed by atoms with van der Waals surface area (Å²) >= 11 is 0. The molecule has 0 amide bonds. The Morgan fingerprint density at radius 1 is 0.912 bits per heavy atom. The van der Waals surface area contributed by atoms with Gasteiger partial charge >= 0.3 is 5.97 Å². The van der Waals surface area contributed by atoms with E-state index in [0.717, 1.165) is 36.8 Å². The van der Waals surface area contributed by atoms with E-state index in [-0.39, 0.29) is 23.4 Å². The van der Waals surface area contributed by atoms with Crippen LogP contribution in [0.5, 0.6) is 0 Å². The van der Waals surface area contributed by atoms with Crippen molar-refractivity contribution in [3.8, 4) is 11.1 Å². The SMILES string of the molecule is CCCc1ccc(-c2ccc(C(=O)OC3CCC(c4ccc(C)c(F)c4)CC3)c(F)c2F)cc1. The van der Waals surface area contributed by atoms with Crippen molar-refractivity contribution in [2.45, 2.75) is 64.4 Å². The van der Waals surface area contributed by atoms with Gasteiger partial charge in [-0.3, -0.25) is 0 Å². The maximum Gasteiger partial charge on any atom is 0.341 e. The Hall–Kier alpha value is -3.08. The number of aryl methyl sites for hydroxylation is 2. The highest BCUT2D eigenvalue weighted by Gasteiger charge is 2.28. The van der Waals surface area contributed by atoms with Crippen LogP contribution in [0.2, 0.25) is 0 Å². The third-order valence-corrected chi connectivity index (χ3v) is 6.72. The second-order valence-electron chi connectivity index (χ2n) is 9.12. The summed E-state index contributed by atoms with van der Waals surface area (Å²) in [6, 6.07) is 15.3. The van der Waals surface area contributed by atoms with Crippen LogP contribution < -0.4 is 0 Å². The molecule has 3 aromatic rings. The molecule has 178 valence electrons. The fourth-order valence-corrected chi connectivity index (χ4v) is 4.66. The lowest BCUT2D eigenvalue weighted by Crippen LogP contribution is -2.24. The number of hydrogen-bond donors (Lipinski definition) is 0. The lowest BCUT2D eigenvalue weighted by Gasteiger charge is -2.28. The predicted octanol–water partition coefficient (Wildman–Crippen LogP) is 7.92. The normalized spacial score (nSPS) is 18.0. The Morgan fingerprint density at radius 2 is 1.62 bits per heavy atom. The first-order chi connectivity index (χ1) is 16.4. The van der Waals surface area contributed by atoms with Gasteiger partial charge in [0.1, 0.15) is 11.9 Å². The molecular weight excluding hydrogens is 437 g/mol. The second kappa shape index (κ2) is 10.5. The molecule has 0 aliphatic heterocycles. The number of ether oxygens (including phenoxy) is 1. The monoisotopic (exact) mass is 466 g/mol. The molecule has 0 spiro atoms. The summed E-state index contributed by atoms with van der Waals surface area (Å²) in [5.41, 5.74) is 2.96. The lowest BCUT2D eigenvalue weighted by molar-refractivity contribution is 0.0189. The number of carbonyl (C=O) groups excluding carboxylic acids is 1. The van der Waals surface area contributed by atoms with Crippen molar-refractivity contribution in [3.05, 3.63) is 94.3 Å². The van der Waals surface area contributed by atoms with Gasteiger partial charge in [-0.2, -0.15) is 0 Å². The van der Waals surface area contributed by atoms with E-state index in [9.17, 15) is 18.0 Å². The third kappa shape index (κ3) is 5.19. The van der Waals surface area contributed by atoms with Crippen molar-refractivity contribution in [2.24, 2.45) is 0 Å². The largest absolute Gasteiger partial charge is 0.459 e. The van der Waals surface area contributed by atoms with Crippen LogP contribution in [0, 0.1) is 24.4 Å². The molecule has 0 heterocycles. The first-order valence-electron chi connectivity index (χ1n) is 11.9. The second-order valence-corrected chi connectivity index (χ2v) is 9.12. The average molecular weight is 467 g/mol. The van der Waals surface area contributed by atoms with Gasteiger partial charge in [-0.15, -0.1) is 0 Å². The summed E-state index contributed by atoms with van der Waals surface area (Å²) in [4.78, 5) is 12.6. The molecule has 0 radical (unpaired) electrons. The summed E-state index contributed by atoms with van der Waals surface area (Å²) in [5, 5.41) is 0. The van der Waals surface area contributed by atoms with Crippen molar-refractivity contribution in [2.75, 3.05) is 0 Å². The van der Waals surface area contributed by atoms with Crippen LogP contribution in [0.25, 0.3) is 11.1 Å². The molecule has 0 saturated heterocycles. The van der Waals surface area contributed by atoms with Gasteiger partial charge < -0.3 is 4.74 Å². The number of carbonyl (C=O) groups is 1. The smallest absolute Gasteiger partial charge is 0.341 e. The standard InChI is InChI=1S/C29H29F3O2/c1-3-4-19-6-9-21(10-7-19)24-15-16-25(28(32)27(24)31)29(33)34-23-13-11-20(12-14-23)22-8-5-18(2)26(30)17-22/h5-10,15-17,20,23H,3-4,11-14H2,1-2H3. The summed E-state index contributed by atoms with van der Waals surface area (Å²) in [6.07, 6.45) is 4.23. The molecule has 1 aliphatic carbocycles. The van der Waals surface area contributed by atoms with Crippen LogP contribution >= 0.6 is 0 Å². The molecular formula is C29H29F3O2. The van der Waals surface area contributed by atoms with Crippen molar-refractivity contribution in [1.29, 1.82) is 0 Å². The van der Waals surface area contributed by atoms with E-state index in [0.29, 0.717) is 24.0 Å². The van der Waals surface area contributed by atoms with E-state index < -0.39 is 23.2 Å². The topological polar surface area (TPSA) is 26.3 Å². The Kier molecular flexibility index (Phi) is 7.40. The molecule has 3 aromatic carbocycles. The van der Waals surface area contributed by atoms with Gasteiger partial charge in [0, 0.05) is 5.56 Å². The number of benzene rings is 3. The molecule has 0 N–H and O–H groups in total. The number of halogens is 3. The number of rotatable bonds is 6. The first-order valence-corrected chi connectivity index (χ1v) is 11.9. The summed E-state index contributed by atoms with van der Waals surface area (Å²) in [6.45, 7) is 3.81. The van der Waals surface area contributed by atoms with Gasteiger partial charge in [-0.1, -0.05) is 55.8 Å². The van der Waals surface area contributed by atoms with Crippen LogP contribution in [0.4, 0.5) is 13.2 Å². The number of esters is 1. The quantitative estimate of drug-likeness (QED) is 0.345. The molecule has 0 unspecified atom stereocenters. The van der Waals surface area contributed by atoms with E-state index in [1.807, 2.05) is 18.2 Å². The van der Waals surface area contributed by atoms with Crippen LogP contribution in [0.1, 0.15) is 72.0 Å². The van der Waals surface area contributed by atoms with Crippen molar-refractivity contribution in [3.63, 3.8) is 0 Å². The van der Waals surface area contributed by atoms with Crippen LogP contribution in [0.15, 0.2) is 54.6 Å². The molecule has 1 saturated carbocycles. The Balaban J connectivity index is 1.40. The van der Waals surface area contributed by atoms with Crippen LogP contribution in [0.3, 0.4) is 0 Å². The molecule has 34 heavy (non-hydrogen) atoms. The zero-order valence-electron chi connectivity index (χ0n) is 19.5. The summed E-state index contributed by atoms with van der Waals surface area (Å²) in [7, 11) is 0. The summed E-state index contributed by atoms with van der Waals surface area (Å²) < 4.78 is 49.0. The Labute approximate surface area is 198 Å². The highest BCUT2D eigenvalue weighted by molar-refractivity contribution is 5.90. The van der Waals surface area contributed by atoms with Gasteiger partial charge in [0.2, 0.25) is 0 Å². The maximum atomic E-state index is 14.8. The Morgan fingerprint density at radius 3 is 2.26 bits per heavy atom. The zero-order valence-corrected chi connectivity index (χ0v) is 19.5. The van der Waals surface area contributed by atoms with Gasteiger partial charge in [0.05, 0.1) is 5.56 Å². The molecule has 1 aliphatic rings. The minimum absolute atomic E-state index is 0.114. The fourth-order valence-electron chi connectivity index (χ4n) is 4.66.